The topological polar surface area (TPSA) is 60.8 Å². The fraction of sp³-hybridized carbons (Fsp3) is 0.476. The Morgan fingerprint density at radius 3 is 2.54 bits per heavy atom. The molecule has 2 aliphatic rings. The Labute approximate surface area is 166 Å². The van der Waals surface area contributed by atoms with Gasteiger partial charge in [0.05, 0.1) is 25.1 Å². The molecule has 4 rings (SSSR count). The Balaban J connectivity index is 0.000000391. The molecule has 7 heteroatoms. The summed E-state index contributed by atoms with van der Waals surface area (Å²) in [5.74, 6) is 1.32. The highest BCUT2D eigenvalue weighted by Crippen LogP contribution is 2.20. The van der Waals surface area contributed by atoms with Crippen molar-refractivity contribution >= 4 is 0 Å². The Morgan fingerprint density at radius 2 is 1.93 bits per heavy atom. The predicted octanol–water partition coefficient (Wildman–Crippen LogP) is 2.74. The highest BCUT2D eigenvalue weighted by Gasteiger charge is 2.11. The van der Waals surface area contributed by atoms with Gasteiger partial charge in [-0.3, -0.25) is 4.90 Å². The van der Waals surface area contributed by atoms with E-state index < -0.39 is 0 Å². The number of hydrogen-bond acceptors (Lipinski definition) is 6. The molecule has 0 bridgehead atoms. The summed E-state index contributed by atoms with van der Waals surface area (Å²) in [6, 6.07) is 10.4. The van der Waals surface area contributed by atoms with Gasteiger partial charge in [0.2, 0.25) is 5.88 Å². The van der Waals surface area contributed by atoms with E-state index in [0.29, 0.717) is 19.3 Å². The number of nitrogens with one attached hydrogen (secondary N) is 1. The highest BCUT2D eigenvalue weighted by atomic mass is 16.5. The molecule has 7 nitrogen and oxygen atoms in total. The Morgan fingerprint density at radius 1 is 1.14 bits per heavy atom. The van der Waals surface area contributed by atoms with E-state index in [1.54, 1.807) is 18.7 Å². The number of rotatable bonds is 6. The van der Waals surface area contributed by atoms with Gasteiger partial charge in [-0.1, -0.05) is 26.0 Å². The summed E-state index contributed by atoms with van der Waals surface area (Å²) in [6.07, 6.45) is 5.17. The van der Waals surface area contributed by atoms with Crippen molar-refractivity contribution in [2.24, 2.45) is 0 Å². The fourth-order valence-electron chi connectivity index (χ4n) is 2.94. The summed E-state index contributed by atoms with van der Waals surface area (Å²) in [5.41, 5.74) is 2.36. The minimum Gasteiger partial charge on any atom is -0.479 e. The second-order valence-corrected chi connectivity index (χ2v) is 6.95. The summed E-state index contributed by atoms with van der Waals surface area (Å²) in [7, 11) is 0. The van der Waals surface area contributed by atoms with E-state index in [0.717, 1.165) is 44.4 Å². The van der Waals surface area contributed by atoms with Gasteiger partial charge in [0.1, 0.15) is 12.9 Å². The second kappa shape index (κ2) is 10.7. The normalized spacial score (nSPS) is 16.2. The molecule has 0 saturated carbocycles. The van der Waals surface area contributed by atoms with Crippen LogP contribution in [0.4, 0.5) is 0 Å². The van der Waals surface area contributed by atoms with Crippen molar-refractivity contribution in [3.63, 3.8) is 0 Å². The summed E-state index contributed by atoms with van der Waals surface area (Å²) in [5, 5.41) is 7.20. The summed E-state index contributed by atoms with van der Waals surface area (Å²) < 4.78 is 17.8. The van der Waals surface area contributed by atoms with Crippen LogP contribution in [0.5, 0.6) is 5.88 Å². The van der Waals surface area contributed by atoms with E-state index in [-0.39, 0.29) is 0 Å². The molecule has 1 saturated heterocycles. The maximum absolute atomic E-state index is 5.93. The van der Waals surface area contributed by atoms with Gasteiger partial charge < -0.3 is 19.5 Å². The van der Waals surface area contributed by atoms with Gasteiger partial charge in [0, 0.05) is 31.9 Å². The standard InChI is InChI=1S/C18H25N3O2.C3H5NO/c1-15(2)16-3-5-17(6-4-16)21-18(7-8-19-21)23-14-11-20-9-12-22-13-10-20;1-2-5-3-4-1/h3-8,15H,9-14H2,1-2H3;1-2,4H,3H2. The summed E-state index contributed by atoms with van der Waals surface area (Å²) in [6.45, 7) is 10.2. The third-order valence-corrected chi connectivity index (χ3v) is 4.62. The van der Waals surface area contributed by atoms with Gasteiger partial charge in [0.15, 0.2) is 6.73 Å². The molecule has 2 aliphatic heterocycles. The summed E-state index contributed by atoms with van der Waals surface area (Å²) in [4.78, 5) is 2.36. The first kappa shape index (κ1) is 20.2. The Kier molecular flexibility index (Phi) is 7.75. The van der Waals surface area contributed by atoms with Crippen molar-refractivity contribution in [3.8, 4) is 11.6 Å². The number of hydrogen-bond donors (Lipinski definition) is 1. The quantitative estimate of drug-likeness (QED) is 0.824. The number of nitrogens with zero attached hydrogens (tertiary/aromatic N) is 3. The van der Waals surface area contributed by atoms with Crippen molar-refractivity contribution in [1.29, 1.82) is 0 Å². The third kappa shape index (κ3) is 6.00. The van der Waals surface area contributed by atoms with E-state index in [4.69, 9.17) is 9.47 Å². The molecule has 0 unspecified atom stereocenters. The lowest BCUT2D eigenvalue weighted by atomic mass is 10.0. The van der Waals surface area contributed by atoms with Crippen LogP contribution >= 0.6 is 0 Å². The number of morpholine rings is 1. The highest BCUT2D eigenvalue weighted by molar-refractivity contribution is 5.37. The Bertz CT molecular complexity index is 716. The maximum Gasteiger partial charge on any atom is 0.216 e. The van der Waals surface area contributed by atoms with Crippen LogP contribution in [0.3, 0.4) is 0 Å². The van der Waals surface area contributed by atoms with Crippen molar-refractivity contribution in [2.45, 2.75) is 19.8 Å². The van der Waals surface area contributed by atoms with Gasteiger partial charge in [-0.15, -0.1) is 0 Å². The molecular formula is C21H30N4O3. The molecule has 0 atom stereocenters. The van der Waals surface area contributed by atoms with Crippen LogP contribution in [0.1, 0.15) is 25.3 Å². The SMILES string of the molecule is C1=COCN1.CC(C)c1ccc(-n2nccc2OCCN2CCOCC2)cc1. The number of benzene rings is 1. The lowest BCUT2D eigenvalue weighted by Crippen LogP contribution is -2.38. The molecule has 28 heavy (non-hydrogen) atoms. The zero-order chi connectivity index (χ0) is 19.6. The van der Waals surface area contributed by atoms with Gasteiger partial charge in [-0.2, -0.15) is 5.10 Å². The van der Waals surface area contributed by atoms with Crippen molar-refractivity contribution in [2.75, 3.05) is 46.2 Å². The van der Waals surface area contributed by atoms with E-state index in [1.807, 2.05) is 10.7 Å². The van der Waals surface area contributed by atoms with Crippen LogP contribution in [0.2, 0.25) is 0 Å². The summed E-state index contributed by atoms with van der Waals surface area (Å²) >= 11 is 0. The van der Waals surface area contributed by atoms with Gasteiger partial charge in [-0.25, -0.2) is 4.68 Å². The van der Waals surface area contributed by atoms with E-state index >= 15 is 0 Å². The smallest absolute Gasteiger partial charge is 0.216 e. The third-order valence-electron chi connectivity index (χ3n) is 4.62. The van der Waals surface area contributed by atoms with Crippen LogP contribution in [0.25, 0.3) is 5.69 Å². The predicted molar refractivity (Wildman–Crippen MR) is 109 cm³/mol. The molecule has 0 spiro atoms. The monoisotopic (exact) mass is 386 g/mol. The minimum atomic E-state index is 0.533. The molecule has 0 amide bonds. The van der Waals surface area contributed by atoms with Crippen LogP contribution < -0.4 is 10.1 Å². The molecular weight excluding hydrogens is 356 g/mol. The zero-order valence-corrected chi connectivity index (χ0v) is 16.7. The Hall–Kier alpha value is -2.51. The van der Waals surface area contributed by atoms with Crippen molar-refractivity contribution in [1.82, 2.24) is 20.0 Å². The van der Waals surface area contributed by atoms with Crippen molar-refractivity contribution in [3.05, 3.63) is 54.6 Å². The number of aromatic nitrogens is 2. The number of ether oxygens (including phenoxy) is 3. The van der Waals surface area contributed by atoms with Crippen LogP contribution in [-0.4, -0.2) is 60.9 Å². The zero-order valence-electron chi connectivity index (χ0n) is 16.7. The van der Waals surface area contributed by atoms with Crippen molar-refractivity contribution < 1.29 is 14.2 Å². The lowest BCUT2D eigenvalue weighted by molar-refractivity contribution is 0.0318. The molecule has 1 aromatic heterocycles. The van der Waals surface area contributed by atoms with Crippen LogP contribution in [-0.2, 0) is 9.47 Å². The molecule has 3 heterocycles. The minimum absolute atomic E-state index is 0.533. The van der Waals surface area contributed by atoms with Gasteiger partial charge in [-0.05, 0) is 23.6 Å². The molecule has 0 radical (unpaired) electrons. The van der Waals surface area contributed by atoms with E-state index in [1.165, 1.54) is 5.56 Å². The molecule has 0 aliphatic carbocycles. The van der Waals surface area contributed by atoms with Crippen LogP contribution in [0, 0.1) is 0 Å². The maximum atomic E-state index is 5.93. The molecule has 1 aromatic carbocycles. The van der Waals surface area contributed by atoms with Gasteiger partial charge in [0.25, 0.3) is 0 Å². The molecule has 2 aromatic rings. The first-order valence-electron chi connectivity index (χ1n) is 9.81. The van der Waals surface area contributed by atoms with E-state index in [2.05, 4.69) is 58.2 Å². The molecule has 1 fully saturated rings. The first-order chi connectivity index (χ1) is 13.7. The second-order valence-electron chi connectivity index (χ2n) is 6.95. The average Bonchev–Trinajstić information content (AvgIpc) is 3.44. The van der Waals surface area contributed by atoms with Gasteiger partial charge >= 0.3 is 0 Å². The van der Waals surface area contributed by atoms with E-state index in [9.17, 15) is 0 Å². The molecule has 152 valence electrons. The average molecular weight is 386 g/mol. The first-order valence-corrected chi connectivity index (χ1v) is 9.81. The molecule has 1 N–H and O–H groups in total. The van der Waals surface area contributed by atoms with Crippen LogP contribution in [0.15, 0.2) is 49.0 Å². The fourth-order valence-corrected chi connectivity index (χ4v) is 2.94. The largest absolute Gasteiger partial charge is 0.479 e. The lowest BCUT2D eigenvalue weighted by Gasteiger charge is -2.26.